The quantitative estimate of drug-likeness (QED) is 0.0169. The molecule has 0 aromatic rings. The maximum Gasteiger partial charge on any atom is 0.472 e. The van der Waals surface area contributed by atoms with Crippen molar-refractivity contribution in [2.75, 3.05) is 39.6 Å². The fourth-order valence-electron chi connectivity index (χ4n) is 9.01. The summed E-state index contributed by atoms with van der Waals surface area (Å²) < 4.78 is 68.3. The van der Waals surface area contributed by atoms with Crippen molar-refractivity contribution < 1.29 is 80.2 Å². The summed E-state index contributed by atoms with van der Waals surface area (Å²) in [4.78, 5) is 72.9. The fraction of sp³-hybridized carbons (Fsp3) is 0.553. The summed E-state index contributed by atoms with van der Waals surface area (Å²) >= 11 is 0. The second-order valence-corrected chi connectivity index (χ2v) is 27.3. The molecule has 0 fully saturated rings. The van der Waals surface area contributed by atoms with Crippen LogP contribution in [0.2, 0.25) is 0 Å². The number of allylic oxidation sites excluding steroid dienone is 34. The van der Waals surface area contributed by atoms with Crippen LogP contribution < -0.4 is 0 Å². The van der Waals surface area contributed by atoms with Gasteiger partial charge in [-0.3, -0.25) is 37.3 Å². The summed E-state index contributed by atoms with van der Waals surface area (Å²) in [6.45, 7) is 4.20. The molecule has 0 saturated carbocycles. The molecular weight excluding hydrogens is 1350 g/mol. The highest BCUT2D eigenvalue weighted by molar-refractivity contribution is 7.47. The van der Waals surface area contributed by atoms with Crippen molar-refractivity contribution >= 4 is 39.5 Å². The largest absolute Gasteiger partial charge is 0.472 e. The molecule has 104 heavy (non-hydrogen) atoms. The van der Waals surface area contributed by atoms with Gasteiger partial charge >= 0.3 is 39.5 Å². The van der Waals surface area contributed by atoms with Crippen LogP contribution in [-0.2, 0) is 65.4 Å². The van der Waals surface area contributed by atoms with Crippen LogP contribution in [0.15, 0.2) is 207 Å². The van der Waals surface area contributed by atoms with Gasteiger partial charge in [0.1, 0.15) is 19.3 Å². The monoisotopic (exact) mass is 1490 g/mol. The second kappa shape index (κ2) is 74.9. The molecule has 0 bridgehead atoms. The number of carbonyl (C=O) groups excluding carboxylic acids is 4. The lowest BCUT2D eigenvalue weighted by Gasteiger charge is -2.21. The molecule has 0 aliphatic rings. The Kier molecular flexibility index (Phi) is 70.3. The molecule has 0 aromatic heterocycles. The number of carbonyl (C=O) groups is 4. The van der Waals surface area contributed by atoms with E-state index >= 15 is 0 Å². The van der Waals surface area contributed by atoms with Gasteiger partial charge in [-0.2, -0.15) is 0 Å². The van der Waals surface area contributed by atoms with Gasteiger partial charge in [-0.15, -0.1) is 0 Å². The Morgan fingerprint density at radius 3 is 0.808 bits per heavy atom. The van der Waals surface area contributed by atoms with Crippen LogP contribution >= 0.6 is 15.6 Å². The number of esters is 4. The average Bonchev–Trinajstić information content (AvgIpc) is 0.910. The van der Waals surface area contributed by atoms with Gasteiger partial charge in [0, 0.05) is 25.7 Å². The maximum atomic E-state index is 13.1. The molecular formula is C85H132O17P2. The van der Waals surface area contributed by atoms with Crippen LogP contribution in [-0.4, -0.2) is 96.7 Å². The minimum Gasteiger partial charge on any atom is -0.462 e. The zero-order valence-electron chi connectivity index (χ0n) is 63.6. The van der Waals surface area contributed by atoms with Gasteiger partial charge in [-0.1, -0.05) is 260 Å². The van der Waals surface area contributed by atoms with E-state index in [9.17, 15) is 43.2 Å². The Bertz CT molecular complexity index is 2790. The summed E-state index contributed by atoms with van der Waals surface area (Å²) in [5, 5.41) is 10.6. The van der Waals surface area contributed by atoms with Crippen molar-refractivity contribution in [1.29, 1.82) is 0 Å². The molecule has 0 aliphatic heterocycles. The molecule has 584 valence electrons. The van der Waals surface area contributed by atoms with Crippen molar-refractivity contribution in [1.82, 2.24) is 0 Å². The van der Waals surface area contributed by atoms with E-state index < -0.39 is 97.5 Å². The van der Waals surface area contributed by atoms with Crippen molar-refractivity contribution in [2.24, 2.45) is 0 Å². The van der Waals surface area contributed by atoms with Gasteiger partial charge in [-0.25, -0.2) is 9.13 Å². The average molecular weight is 1490 g/mol. The molecule has 0 radical (unpaired) electrons. The number of aliphatic hydroxyl groups excluding tert-OH is 1. The molecule has 0 spiro atoms. The van der Waals surface area contributed by atoms with Gasteiger partial charge < -0.3 is 33.8 Å². The summed E-state index contributed by atoms with van der Waals surface area (Å²) in [7, 11) is -10.0. The van der Waals surface area contributed by atoms with E-state index in [2.05, 4.69) is 198 Å². The molecule has 0 aromatic carbocycles. The van der Waals surface area contributed by atoms with E-state index in [0.717, 1.165) is 148 Å². The Morgan fingerprint density at radius 1 is 0.279 bits per heavy atom. The number of hydrogen-bond donors (Lipinski definition) is 3. The third kappa shape index (κ3) is 73.9. The smallest absolute Gasteiger partial charge is 0.462 e. The third-order valence-corrected chi connectivity index (χ3v) is 16.6. The molecule has 3 N–H and O–H groups in total. The van der Waals surface area contributed by atoms with Crippen LogP contribution in [0.4, 0.5) is 0 Å². The topological polar surface area (TPSA) is 237 Å². The highest BCUT2D eigenvalue weighted by Crippen LogP contribution is 2.45. The normalized spacial score (nSPS) is 15.0. The first-order valence-electron chi connectivity index (χ1n) is 38.3. The van der Waals surface area contributed by atoms with E-state index in [1.54, 1.807) is 0 Å². The lowest BCUT2D eigenvalue weighted by atomic mass is 10.1. The second-order valence-electron chi connectivity index (χ2n) is 24.4. The van der Waals surface area contributed by atoms with Crippen LogP contribution in [0.1, 0.15) is 246 Å². The first-order valence-corrected chi connectivity index (χ1v) is 41.3. The van der Waals surface area contributed by atoms with E-state index in [4.69, 9.17) is 37.0 Å². The van der Waals surface area contributed by atoms with Crippen LogP contribution in [0.25, 0.3) is 0 Å². The number of phosphoric acid groups is 2. The van der Waals surface area contributed by atoms with Gasteiger partial charge in [0.05, 0.1) is 26.4 Å². The van der Waals surface area contributed by atoms with E-state index in [-0.39, 0.29) is 25.7 Å². The lowest BCUT2D eigenvalue weighted by molar-refractivity contribution is -0.161. The molecule has 0 amide bonds. The summed E-state index contributed by atoms with van der Waals surface area (Å²) in [5.41, 5.74) is 0. The van der Waals surface area contributed by atoms with Gasteiger partial charge in [0.25, 0.3) is 0 Å². The molecule has 17 nitrogen and oxygen atoms in total. The highest BCUT2D eigenvalue weighted by atomic mass is 31.2. The number of hydrogen-bond acceptors (Lipinski definition) is 15. The standard InChI is InChI=1S/C85H132O17P2/c1-5-9-13-17-21-25-29-33-36-39-42-46-49-53-57-61-65-69-82(87)95-75-80(101-84(89)71-67-63-59-55-51-45-32-28-24-20-16-12-8-4)77-99-103(91,92)97-73-79(86)74-98-104(93,94)100-78-81(102-85(90)72-68-64-60-56-52-48-44-41-38-35-31-27-23-19-15-11-7-3)76-96-83(88)70-66-62-58-54-50-47-43-40-37-34-30-26-22-18-14-10-6-2/h9-11,13-16,20-23,25-28,32-38,42-44,46-48,53-54,56-58,60,79-81,86H,5-8,12,17-19,24,29-31,39-41,45,49-52,55,59,61-78H2,1-4H3,(H,91,92)(H,93,94)/b13-9-,14-10-,15-11-,20-16-,25-21-,26-22-,27-23-,32-28-,36-33-,37-34-,38-35-,46-42-,47-43-,48-44-,57-53-,58-54-,60-56-. The Balaban J connectivity index is 5.55. The number of unbranched alkanes of at least 4 members (excludes halogenated alkanes) is 9. The predicted molar refractivity (Wildman–Crippen MR) is 426 cm³/mol. The molecule has 0 saturated heterocycles. The SMILES string of the molecule is CC/C=C\C/C=C\C/C=C\C/C=C\C/C=C\CCCC(=O)OCC(COP(=O)(O)OCC(O)COP(=O)(O)OCC(COC(=O)CCC/C=C\C/C=C\C/C=C\C/C=C\C/C=C\CC)OC(=O)CCCCCCC/C=C\C/C=C\CCC)OC(=O)CCC/C=C\C/C=C\C/C=C\C/C=C\C/C=C\CC. The van der Waals surface area contributed by atoms with Crippen LogP contribution in [0.3, 0.4) is 0 Å². The number of aliphatic hydroxyl groups is 1. The van der Waals surface area contributed by atoms with Crippen molar-refractivity contribution in [3.8, 4) is 0 Å². The molecule has 0 aliphatic carbocycles. The Morgan fingerprint density at radius 2 is 0.510 bits per heavy atom. The van der Waals surface area contributed by atoms with Crippen LogP contribution in [0.5, 0.6) is 0 Å². The first-order chi connectivity index (χ1) is 50.7. The van der Waals surface area contributed by atoms with Crippen molar-refractivity contribution in [3.05, 3.63) is 207 Å². The molecule has 5 atom stereocenters. The van der Waals surface area contributed by atoms with E-state index in [1.165, 1.54) is 0 Å². The summed E-state index contributed by atoms with van der Waals surface area (Å²) in [6, 6.07) is 0. The predicted octanol–water partition coefficient (Wildman–Crippen LogP) is 22.3. The van der Waals surface area contributed by atoms with E-state index in [0.29, 0.717) is 44.9 Å². The Hall–Kier alpha value is -6.36. The van der Waals surface area contributed by atoms with Crippen molar-refractivity contribution in [3.63, 3.8) is 0 Å². The van der Waals surface area contributed by atoms with E-state index in [1.807, 2.05) is 36.5 Å². The van der Waals surface area contributed by atoms with Crippen LogP contribution in [0, 0.1) is 0 Å². The lowest BCUT2D eigenvalue weighted by Crippen LogP contribution is -2.30. The molecule has 5 unspecified atom stereocenters. The van der Waals surface area contributed by atoms with Crippen molar-refractivity contribution in [2.45, 2.75) is 264 Å². The molecule has 0 heterocycles. The minimum absolute atomic E-state index is 0.00637. The minimum atomic E-state index is -5.02. The third-order valence-electron chi connectivity index (χ3n) is 14.7. The van der Waals surface area contributed by atoms with Gasteiger partial charge in [-0.05, 0) is 167 Å². The molecule has 19 heteroatoms. The maximum absolute atomic E-state index is 13.1. The zero-order valence-corrected chi connectivity index (χ0v) is 65.4. The fourth-order valence-corrected chi connectivity index (χ4v) is 10.6. The van der Waals surface area contributed by atoms with Gasteiger partial charge in [0.15, 0.2) is 12.2 Å². The summed E-state index contributed by atoms with van der Waals surface area (Å²) in [6.07, 6.45) is 92.7. The van der Waals surface area contributed by atoms with Gasteiger partial charge in [0.2, 0.25) is 0 Å². The first kappa shape index (κ1) is 97.6. The highest BCUT2D eigenvalue weighted by Gasteiger charge is 2.30. The number of ether oxygens (including phenoxy) is 4. The Labute approximate surface area is 627 Å². The number of phosphoric ester groups is 2. The summed E-state index contributed by atoms with van der Waals surface area (Å²) in [5.74, 6) is -2.42. The zero-order chi connectivity index (χ0) is 76.0. The number of rotatable bonds is 69. The molecule has 0 rings (SSSR count).